The minimum absolute atomic E-state index is 0.00259. The highest BCUT2D eigenvalue weighted by molar-refractivity contribution is 5.70. The summed E-state index contributed by atoms with van der Waals surface area (Å²) in [5, 5.41) is 17.4. The molecule has 16 heavy (non-hydrogen) atoms. The second kappa shape index (κ2) is 5.43. The molecule has 0 N–H and O–H groups in total. The fourth-order valence-electron chi connectivity index (χ4n) is 1.26. The molecule has 0 saturated carbocycles. The third kappa shape index (κ3) is 2.31. The lowest BCUT2D eigenvalue weighted by molar-refractivity contribution is 0.392. The van der Waals surface area contributed by atoms with Crippen molar-refractivity contribution in [3.05, 3.63) is 29.3 Å². The zero-order chi connectivity index (χ0) is 12.0. The molecule has 0 aliphatic heterocycles. The third-order valence-corrected chi connectivity index (χ3v) is 2.00. The Bertz CT molecular complexity index is 454. The summed E-state index contributed by atoms with van der Waals surface area (Å²) in [6, 6.07) is 8.83. The van der Waals surface area contributed by atoms with E-state index >= 15 is 0 Å². The van der Waals surface area contributed by atoms with Crippen molar-refractivity contribution in [1.29, 1.82) is 10.5 Å². The lowest BCUT2D eigenvalue weighted by atomic mass is 10.1. The van der Waals surface area contributed by atoms with Crippen LogP contribution in [-0.4, -0.2) is 14.2 Å². The Morgan fingerprint density at radius 3 is 2.00 bits per heavy atom. The van der Waals surface area contributed by atoms with E-state index in [1.807, 2.05) is 0 Å². The normalized spacial score (nSPS) is 8.50. The summed E-state index contributed by atoms with van der Waals surface area (Å²) in [6.07, 6.45) is 1.44. The van der Waals surface area contributed by atoms with E-state index in [0.29, 0.717) is 17.1 Å². The SMILES string of the molecule is COc1cccc(OC)c1C=C(C#N)C#N. The number of nitriles is 2. The van der Waals surface area contributed by atoms with Gasteiger partial charge < -0.3 is 9.47 Å². The molecule has 0 aromatic heterocycles. The molecule has 0 bridgehead atoms. The molecule has 0 saturated heterocycles. The summed E-state index contributed by atoms with van der Waals surface area (Å²) in [4.78, 5) is 0. The van der Waals surface area contributed by atoms with Gasteiger partial charge in [-0.25, -0.2) is 0 Å². The Labute approximate surface area is 93.9 Å². The van der Waals surface area contributed by atoms with E-state index in [1.165, 1.54) is 20.3 Å². The molecule has 0 heterocycles. The lowest BCUT2D eigenvalue weighted by Gasteiger charge is -2.09. The summed E-state index contributed by atoms with van der Waals surface area (Å²) in [7, 11) is 3.04. The van der Waals surface area contributed by atoms with Gasteiger partial charge in [0.05, 0.1) is 19.8 Å². The topological polar surface area (TPSA) is 66.0 Å². The number of rotatable bonds is 3. The first-order chi connectivity index (χ1) is 7.76. The molecule has 4 heteroatoms. The van der Waals surface area contributed by atoms with Crippen molar-refractivity contribution >= 4 is 6.08 Å². The number of hydrogen-bond donors (Lipinski definition) is 0. The molecule has 1 aromatic carbocycles. The predicted octanol–water partition coefficient (Wildman–Crippen LogP) is 2.13. The van der Waals surface area contributed by atoms with Crippen LogP contribution in [0.25, 0.3) is 6.08 Å². The molecule has 0 spiro atoms. The zero-order valence-electron chi connectivity index (χ0n) is 9.02. The molecular weight excluding hydrogens is 204 g/mol. The second-order valence-corrected chi connectivity index (χ2v) is 2.86. The van der Waals surface area contributed by atoms with Crippen LogP contribution in [0.1, 0.15) is 5.56 Å². The average Bonchev–Trinajstić information content (AvgIpc) is 2.35. The second-order valence-electron chi connectivity index (χ2n) is 2.86. The van der Waals surface area contributed by atoms with Crippen molar-refractivity contribution in [1.82, 2.24) is 0 Å². The Kier molecular flexibility index (Phi) is 3.94. The van der Waals surface area contributed by atoms with Crippen LogP contribution in [0.3, 0.4) is 0 Å². The van der Waals surface area contributed by atoms with Gasteiger partial charge >= 0.3 is 0 Å². The van der Waals surface area contributed by atoms with Crippen LogP contribution in [0.5, 0.6) is 11.5 Å². The average molecular weight is 214 g/mol. The van der Waals surface area contributed by atoms with Crippen molar-refractivity contribution in [2.75, 3.05) is 14.2 Å². The van der Waals surface area contributed by atoms with Crippen LogP contribution in [-0.2, 0) is 0 Å². The van der Waals surface area contributed by atoms with E-state index in [0.717, 1.165) is 0 Å². The van der Waals surface area contributed by atoms with Gasteiger partial charge in [-0.3, -0.25) is 0 Å². The molecule has 0 radical (unpaired) electrons. The number of ether oxygens (including phenoxy) is 2. The number of nitrogens with zero attached hydrogens (tertiary/aromatic N) is 2. The monoisotopic (exact) mass is 214 g/mol. The molecule has 1 aromatic rings. The smallest absolute Gasteiger partial charge is 0.130 e. The van der Waals surface area contributed by atoms with Gasteiger partial charge in [0.25, 0.3) is 0 Å². The highest BCUT2D eigenvalue weighted by Crippen LogP contribution is 2.30. The first kappa shape index (κ1) is 11.6. The highest BCUT2D eigenvalue weighted by atomic mass is 16.5. The van der Waals surface area contributed by atoms with E-state index in [1.54, 1.807) is 30.3 Å². The molecule has 1 rings (SSSR count). The third-order valence-electron chi connectivity index (χ3n) is 2.00. The van der Waals surface area contributed by atoms with Gasteiger partial charge in [-0.15, -0.1) is 0 Å². The number of allylic oxidation sites excluding steroid dienone is 1. The molecule has 0 aliphatic carbocycles. The first-order valence-corrected chi connectivity index (χ1v) is 4.49. The molecule has 0 unspecified atom stereocenters. The minimum Gasteiger partial charge on any atom is -0.496 e. The first-order valence-electron chi connectivity index (χ1n) is 4.49. The van der Waals surface area contributed by atoms with Gasteiger partial charge in [-0.2, -0.15) is 10.5 Å². The van der Waals surface area contributed by atoms with Crippen molar-refractivity contribution in [2.45, 2.75) is 0 Å². The van der Waals surface area contributed by atoms with Gasteiger partial charge in [0.2, 0.25) is 0 Å². The van der Waals surface area contributed by atoms with Gasteiger partial charge in [-0.1, -0.05) is 6.07 Å². The summed E-state index contributed by atoms with van der Waals surface area (Å²) in [5.74, 6) is 1.12. The van der Waals surface area contributed by atoms with E-state index in [2.05, 4.69) is 0 Å². The number of methoxy groups -OCH3 is 2. The Morgan fingerprint density at radius 1 is 1.12 bits per heavy atom. The van der Waals surface area contributed by atoms with Crippen LogP contribution >= 0.6 is 0 Å². The molecule has 0 fully saturated rings. The van der Waals surface area contributed by atoms with Gasteiger partial charge in [0.1, 0.15) is 29.2 Å². The van der Waals surface area contributed by atoms with Crippen LogP contribution in [0.15, 0.2) is 23.8 Å². The fourth-order valence-corrected chi connectivity index (χ4v) is 1.26. The van der Waals surface area contributed by atoms with E-state index in [4.69, 9.17) is 20.0 Å². The Hall–Kier alpha value is -2.46. The van der Waals surface area contributed by atoms with Crippen molar-refractivity contribution in [3.8, 4) is 23.6 Å². The van der Waals surface area contributed by atoms with Crippen LogP contribution in [0.2, 0.25) is 0 Å². The number of hydrogen-bond acceptors (Lipinski definition) is 4. The molecule has 4 nitrogen and oxygen atoms in total. The van der Waals surface area contributed by atoms with Crippen LogP contribution < -0.4 is 9.47 Å². The summed E-state index contributed by atoms with van der Waals surface area (Å²) in [5.41, 5.74) is 0.591. The van der Waals surface area contributed by atoms with Crippen LogP contribution in [0, 0.1) is 22.7 Å². The van der Waals surface area contributed by atoms with Gasteiger partial charge in [-0.05, 0) is 18.2 Å². The molecule has 0 atom stereocenters. The molecule has 0 amide bonds. The van der Waals surface area contributed by atoms with Gasteiger partial charge in [0.15, 0.2) is 0 Å². The highest BCUT2D eigenvalue weighted by Gasteiger charge is 2.08. The maximum Gasteiger partial charge on any atom is 0.130 e. The van der Waals surface area contributed by atoms with Crippen molar-refractivity contribution < 1.29 is 9.47 Å². The standard InChI is InChI=1S/C12H10N2O2/c1-15-11-4-3-5-12(16-2)10(11)6-9(7-13)8-14/h3-6H,1-2H3. The minimum atomic E-state index is 0.00259. The van der Waals surface area contributed by atoms with Crippen molar-refractivity contribution in [3.63, 3.8) is 0 Å². The maximum atomic E-state index is 8.69. The van der Waals surface area contributed by atoms with E-state index < -0.39 is 0 Å². The van der Waals surface area contributed by atoms with Crippen molar-refractivity contribution in [2.24, 2.45) is 0 Å². The van der Waals surface area contributed by atoms with E-state index in [9.17, 15) is 0 Å². The van der Waals surface area contributed by atoms with E-state index in [-0.39, 0.29) is 5.57 Å². The molecule has 0 aliphatic rings. The van der Waals surface area contributed by atoms with Crippen LogP contribution in [0.4, 0.5) is 0 Å². The maximum absolute atomic E-state index is 8.69. The molecule has 80 valence electrons. The fraction of sp³-hybridized carbons (Fsp3) is 0.167. The zero-order valence-corrected chi connectivity index (χ0v) is 9.02. The quantitative estimate of drug-likeness (QED) is 0.723. The Morgan fingerprint density at radius 2 is 1.62 bits per heavy atom. The predicted molar refractivity (Wildman–Crippen MR) is 58.7 cm³/mol. The van der Waals surface area contributed by atoms with Gasteiger partial charge in [0, 0.05) is 0 Å². The molecular formula is C12H10N2O2. The summed E-state index contributed by atoms with van der Waals surface area (Å²) >= 11 is 0. The number of benzene rings is 1. The summed E-state index contributed by atoms with van der Waals surface area (Å²) in [6.45, 7) is 0. The summed E-state index contributed by atoms with van der Waals surface area (Å²) < 4.78 is 10.3. The Balaban J connectivity index is 3.37. The largest absolute Gasteiger partial charge is 0.496 e. The lowest BCUT2D eigenvalue weighted by Crippen LogP contribution is -1.92.